The normalized spacial score (nSPS) is 14.8. The van der Waals surface area contributed by atoms with Crippen molar-refractivity contribution >= 4 is 11.8 Å². The quantitative estimate of drug-likeness (QED) is 0.706. The minimum atomic E-state index is -0.0404. The highest BCUT2D eigenvalue weighted by atomic mass is 16.2. The van der Waals surface area contributed by atoms with Crippen LogP contribution < -0.4 is 0 Å². The number of nitrogens with zero attached hydrogens (tertiary/aromatic N) is 4. The Labute approximate surface area is 164 Å². The second kappa shape index (κ2) is 8.08. The summed E-state index contributed by atoms with van der Waals surface area (Å²) >= 11 is 0. The van der Waals surface area contributed by atoms with Crippen molar-refractivity contribution in [3.05, 3.63) is 84.2 Å². The molecule has 1 aromatic heterocycles. The van der Waals surface area contributed by atoms with E-state index in [1.54, 1.807) is 15.8 Å². The minimum Gasteiger partial charge on any atom is -0.337 e. The molecular formula is C22H22N4O2. The van der Waals surface area contributed by atoms with Gasteiger partial charge in [0, 0.05) is 50.6 Å². The van der Waals surface area contributed by atoms with E-state index >= 15 is 0 Å². The number of carbonyl (C=O) groups excluding carboxylic acids is 2. The first-order chi connectivity index (χ1) is 13.7. The van der Waals surface area contributed by atoms with Crippen LogP contribution in [0.5, 0.6) is 0 Å². The molecular weight excluding hydrogens is 352 g/mol. The van der Waals surface area contributed by atoms with Gasteiger partial charge in [0.05, 0.1) is 5.69 Å². The van der Waals surface area contributed by atoms with Gasteiger partial charge in [0.25, 0.3) is 5.91 Å². The van der Waals surface area contributed by atoms with Crippen molar-refractivity contribution in [2.45, 2.75) is 13.0 Å². The second-order valence-electron chi connectivity index (χ2n) is 6.84. The molecule has 4 rings (SSSR count). The maximum Gasteiger partial charge on any atom is 0.253 e. The highest BCUT2D eigenvalue weighted by molar-refractivity contribution is 5.95. The predicted molar refractivity (Wildman–Crippen MR) is 106 cm³/mol. The zero-order chi connectivity index (χ0) is 19.3. The average molecular weight is 374 g/mol. The lowest BCUT2D eigenvalue weighted by molar-refractivity contribution is -0.130. The van der Waals surface area contributed by atoms with Gasteiger partial charge in [-0.25, -0.2) is 4.68 Å². The second-order valence-corrected chi connectivity index (χ2v) is 6.84. The lowest BCUT2D eigenvalue weighted by Gasteiger charge is -2.22. The van der Waals surface area contributed by atoms with E-state index in [9.17, 15) is 9.59 Å². The molecule has 2 amide bonds. The fraction of sp³-hybridized carbons (Fsp3) is 0.227. The third kappa shape index (κ3) is 3.96. The zero-order valence-corrected chi connectivity index (χ0v) is 15.6. The van der Waals surface area contributed by atoms with Gasteiger partial charge in [-0.15, -0.1) is 0 Å². The molecule has 28 heavy (non-hydrogen) atoms. The van der Waals surface area contributed by atoms with Gasteiger partial charge in [-0.2, -0.15) is 5.10 Å². The summed E-state index contributed by atoms with van der Waals surface area (Å²) in [7, 11) is 0. The molecule has 0 N–H and O–H groups in total. The first-order valence-corrected chi connectivity index (χ1v) is 9.42. The highest BCUT2D eigenvalue weighted by Gasteiger charge is 2.24. The smallest absolute Gasteiger partial charge is 0.253 e. The molecule has 6 nitrogen and oxygen atoms in total. The van der Waals surface area contributed by atoms with Crippen molar-refractivity contribution in [3.63, 3.8) is 0 Å². The van der Waals surface area contributed by atoms with Crippen LogP contribution in [-0.4, -0.2) is 51.0 Å². The number of amides is 2. The van der Waals surface area contributed by atoms with E-state index in [0.717, 1.165) is 11.3 Å². The lowest BCUT2D eigenvalue weighted by atomic mass is 10.1. The highest BCUT2D eigenvalue weighted by Crippen LogP contribution is 2.15. The van der Waals surface area contributed by atoms with Crippen LogP contribution >= 0.6 is 0 Å². The minimum absolute atomic E-state index is 0.0404. The topological polar surface area (TPSA) is 58.4 Å². The molecule has 0 atom stereocenters. The largest absolute Gasteiger partial charge is 0.337 e. The van der Waals surface area contributed by atoms with Crippen LogP contribution in [0.15, 0.2) is 73.1 Å². The summed E-state index contributed by atoms with van der Waals surface area (Å²) in [6.07, 6.45) is 3.93. The molecule has 0 saturated carbocycles. The number of rotatable bonds is 4. The molecule has 0 unspecified atom stereocenters. The van der Waals surface area contributed by atoms with Crippen molar-refractivity contribution in [1.29, 1.82) is 0 Å². The van der Waals surface area contributed by atoms with E-state index in [1.807, 2.05) is 71.8 Å². The fourth-order valence-electron chi connectivity index (χ4n) is 3.40. The van der Waals surface area contributed by atoms with Crippen LogP contribution in [0.25, 0.3) is 5.69 Å². The summed E-state index contributed by atoms with van der Waals surface area (Å²) in [6, 6.07) is 19.2. The first kappa shape index (κ1) is 18.0. The molecule has 0 bridgehead atoms. The van der Waals surface area contributed by atoms with Crippen LogP contribution in [-0.2, 0) is 11.3 Å². The van der Waals surface area contributed by atoms with Crippen LogP contribution in [0.4, 0.5) is 0 Å². The Hall–Kier alpha value is -3.41. The van der Waals surface area contributed by atoms with E-state index in [1.165, 1.54) is 0 Å². The number of benzene rings is 2. The summed E-state index contributed by atoms with van der Waals surface area (Å²) < 4.78 is 1.75. The Bertz CT molecular complexity index is 936. The summed E-state index contributed by atoms with van der Waals surface area (Å²) in [5.74, 6) is 0.0505. The summed E-state index contributed by atoms with van der Waals surface area (Å²) in [4.78, 5) is 29.0. The van der Waals surface area contributed by atoms with Crippen LogP contribution in [0.2, 0.25) is 0 Å². The fourth-order valence-corrected chi connectivity index (χ4v) is 3.40. The lowest BCUT2D eigenvalue weighted by Crippen LogP contribution is -2.35. The van der Waals surface area contributed by atoms with Gasteiger partial charge in [-0.1, -0.05) is 30.3 Å². The number of hydrogen-bond acceptors (Lipinski definition) is 3. The van der Waals surface area contributed by atoms with E-state index in [0.29, 0.717) is 38.2 Å². The molecule has 1 aliphatic heterocycles. The Kier molecular flexibility index (Phi) is 5.19. The number of carbonyl (C=O) groups is 2. The van der Waals surface area contributed by atoms with E-state index < -0.39 is 0 Å². The molecule has 3 aromatic rings. The van der Waals surface area contributed by atoms with E-state index in [-0.39, 0.29) is 11.8 Å². The molecule has 1 fully saturated rings. The Morgan fingerprint density at radius 2 is 1.71 bits per heavy atom. The molecule has 2 heterocycles. The predicted octanol–water partition coefficient (Wildman–Crippen LogP) is 2.75. The summed E-state index contributed by atoms with van der Waals surface area (Å²) in [5, 5.41) is 4.19. The molecule has 142 valence electrons. The maximum atomic E-state index is 12.9. The third-order valence-electron chi connectivity index (χ3n) is 4.97. The zero-order valence-electron chi connectivity index (χ0n) is 15.6. The summed E-state index contributed by atoms with van der Waals surface area (Å²) in [6.45, 7) is 2.12. The first-order valence-electron chi connectivity index (χ1n) is 9.42. The maximum absolute atomic E-state index is 12.9. The monoisotopic (exact) mass is 374 g/mol. The van der Waals surface area contributed by atoms with Crippen LogP contribution in [0.3, 0.4) is 0 Å². The van der Waals surface area contributed by atoms with Gasteiger partial charge >= 0.3 is 0 Å². The molecule has 0 aliphatic carbocycles. The van der Waals surface area contributed by atoms with E-state index in [4.69, 9.17) is 0 Å². The molecule has 6 heteroatoms. The Balaban J connectivity index is 1.42. The van der Waals surface area contributed by atoms with Crippen molar-refractivity contribution in [1.82, 2.24) is 19.6 Å². The number of hydrogen-bond donors (Lipinski definition) is 0. The van der Waals surface area contributed by atoms with Crippen molar-refractivity contribution in [3.8, 4) is 5.69 Å². The van der Waals surface area contributed by atoms with Gasteiger partial charge in [0.1, 0.15) is 0 Å². The standard InChI is InChI=1S/C22H22N4O2/c27-21-11-14-24(15-16-25(21)17-18-5-2-1-3-6-18)22(28)19-7-9-20(10-8-19)26-13-4-12-23-26/h1-10,12-13H,11,14-17H2. The molecule has 1 saturated heterocycles. The van der Waals surface area contributed by atoms with Crippen molar-refractivity contribution < 1.29 is 9.59 Å². The Morgan fingerprint density at radius 1 is 0.929 bits per heavy atom. The third-order valence-corrected chi connectivity index (χ3v) is 4.97. The average Bonchev–Trinajstić information content (AvgIpc) is 3.22. The van der Waals surface area contributed by atoms with Crippen molar-refractivity contribution in [2.75, 3.05) is 19.6 Å². The van der Waals surface area contributed by atoms with Gasteiger partial charge in [0.2, 0.25) is 5.91 Å². The Morgan fingerprint density at radius 3 is 2.43 bits per heavy atom. The van der Waals surface area contributed by atoms with Gasteiger partial charge in [-0.3, -0.25) is 9.59 Å². The number of aromatic nitrogens is 2. The van der Waals surface area contributed by atoms with Crippen LogP contribution in [0, 0.1) is 0 Å². The molecule has 0 radical (unpaired) electrons. The van der Waals surface area contributed by atoms with Gasteiger partial charge in [0.15, 0.2) is 0 Å². The molecule has 1 aliphatic rings. The summed E-state index contributed by atoms with van der Waals surface area (Å²) in [5.41, 5.74) is 2.63. The van der Waals surface area contributed by atoms with Crippen molar-refractivity contribution in [2.24, 2.45) is 0 Å². The van der Waals surface area contributed by atoms with E-state index in [2.05, 4.69) is 5.10 Å². The van der Waals surface area contributed by atoms with Crippen LogP contribution in [0.1, 0.15) is 22.3 Å². The molecule has 2 aromatic carbocycles. The van der Waals surface area contributed by atoms with Gasteiger partial charge < -0.3 is 9.80 Å². The van der Waals surface area contributed by atoms with Gasteiger partial charge in [-0.05, 0) is 35.9 Å². The molecule has 0 spiro atoms. The SMILES string of the molecule is O=C1CCN(C(=O)c2ccc(-n3cccn3)cc2)CCN1Cc1ccccc1.